The van der Waals surface area contributed by atoms with Gasteiger partial charge < -0.3 is 4.90 Å². The highest BCUT2D eigenvalue weighted by Crippen LogP contribution is 2.25. The number of thiocarbonyl (C=S) groups is 1. The van der Waals surface area contributed by atoms with Gasteiger partial charge in [-0.1, -0.05) is 24.0 Å². The summed E-state index contributed by atoms with van der Waals surface area (Å²) in [5, 5.41) is 7.04. The number of rotatable bonds is 1. The Bertz CT molecular complexity index is 298. The van der Waals surface area contributed by atoms with Crippen LogP contribution in [-0.2, 0) is 0 Å². The molecule has 0 amide bonds. The molecule has 0 aromatic carbocycles. The first-order valence-electron chi connectivity index (χ1n) is 3.93. The molecule has 0 aliphatic heterocycles. The molecule has 0 radical (unpaired) electrons. The van der Waals surface area contributed by atoms with Gasteiger partial charge in [-0.05, 0) is 13.8 Å². The van der Waals surface area contributed by atoms with E-state index in [9.17, 15) is 0 Å². The highest BCUT2D eigenvalue weighted by Gasteiger charge is 2.10. The van der Waals surface area contributed by atoms with Crippen LogP contribution in [0.3, 0.4) is 0 Å². The SMILES string of the molecule is Cc1n[nH]c(C)c1SC(=S)N(C)C. The van der Waals surface area contributed by atoms with Gasteiger partial charge in [-0.25, -0.2) is 0 Å². The zero-order valence-corrected chi connectivity index (χ0v) is 9.84. The van der Waals surface area contributed by atoms with Crippen LogP contribution in [-0.4, -0.2) is 33.5 Å². The van der Waals surface area contributed by atoms with E-state index in [4.69, 9.17) is 12.2 Å². The maximum absolute atomic E-state index is 5.19. The normalized spacial score (nSPS) is 10.2. The maximum Gasteiger partial charge on any atom is 0.140 e. The fraction of sp³-hybridized carbons (Fsp3) is 0.500. The first-order chi connectivity index (χ1) is 6.02. The van der Waals surface area contributed by atoms with Gasteiger partial charge in [0.15, 0.2) is 0 Å². The molecule has 1 rings (SSSR count). The number of nitrogens with one attached hydrogen (secondary N) is 1. The van der Waals surface area contributed by atoms with Gasteiger partial charge in [0.1, 0.15) is 4.32 Å². The highest BCUT2D eigenvalue weighted by atomic mass is 32.2. The summed E-state index contributed by atoms with van der Waals surface area (Å²) in [6.07, 6.45) is 0. The standard InChI is InChI=1S/C8H13N3S2/c1-5-7(6(2)10-9-5)13-8(12)11(3)4/h1-4H3,(H,9,10). The van der Waals surface area contributed by atoms with Crippen LogP contribution in [0.1, 0.15) is 11.4 Å². The fourth-order valence-corrected chi connectivity index (χ4v) is 1.87. The molecular weight excluding hydrogens is 202 g/mol. The lowest BCUT2D eigenvalue weighted by Gasteiger charge is -2.12. The smallest absolute Gasteiger partial charge is 0.140 e. The van der Waals surface area contributed by atoms with Crippen molar-refractivity contribution < 1.29 is 0 Å². The Hall–Kier alpha value is -0.550. The van der Waals surface area contributed by atoms with Gasteiger partial charge in [0, 0.05) is 19.8 Å². The summed E-state index contributed by atoms with van der Waals surface area (Å²) in [7, 11) is 3.89. The topological polar surface area (TPSA) is 31.9 Å². The summed E-state index contributed by atoms with van der Waals surface area (Å²) < 4.78 is 0.854. The summed E-state index contributed by atoms with van der Waals surface area (Å²) in [6.45, 7) is 3.98. The van der Waals surface area contributed by atoms with E-state index >= 15 is 0 Å². The second-order valence-corrected chi connectivity index (χ2v) is 4.67. The molecule has 1 aromatic rings. The molecule has 0 spiro atoms. The maximum atomic E-state index is 5.19. The van der Waals surface area contributed by atoms with Crippen LogP contribution >= 0.6 is 24.0 Å². The number of aromatic nitrogens is 2. The monoisotopic (exact) mass is 215 g/mol. The Morgan fingerprint density at radius 2 is 2.08 bits per heavy atom. The molecule has 0 aliphatic rings. The van der Waals surface area contributed by atoms with Gasteiger partial charge >= 0.3 is 0 Å². The summed E-state index contributed by atoms with van der Waals surface area (Å²) in [5.41, 5.74) is 2.08. The van der Waals surface area contributed by atoms with Crippen molar-refractivity contribution in [2.75, 3.05) is 14.1 Å². The van der Waals surface area contributed by atoms with E-state index < -0.39 is 0 Å². The number of nitrogens with zero attached hydrogens (tertiary/aromatic N) is 2. The van der Waals surface area contributed by atoms with Gasteiger partial charge in [-0.3, -0.25) is 5.10 Å². The Balaban J connectivity index is 2.79. The summed E-state index contributed by atoms with van der Waals surface area (Å²) in [6, 6.07) is 0. The van der Waals surface area contributed by atoms with E-state index in [-0.39, 0.29) is 0 Å². The second kappa shape index (κ2) is 4.11. The van der Waals surface area contributed by atoms with Crippen molar-refractivity contribution >= 4 is 28.3 Å². The van der Waals surface area contributed by atoms with E-state index in [1.807, 2.05) is 32.8 Å². The number of thioether (sulfide) groups is 1. The summed E-state index contributed by atoms with van der Waals surface area (Å²) in [4.78, 5) is 3.06. The van der Waals surface area contributed by atoms with Crippen molar-refractivity contribution in [3.63, 3.8) is 0 Å². The Morgan fingerprint density at radius 1 is 1.46 bits per heavy atom. The highest BCUT2D eigenvalue weighted by molar-refractivity contribution is 8.23. The van der Waals surface area contributed by atoms with E-state index in [0.717, 1.165) is 20.6 Å². The van der Waals surface area contributed by atoms with E-state index in [1.165, 1.54) is 0 Å². The predicted octanol–water partition coefficient (Wildman–Crippen LogP) is 1.97. The minimum absolute atomic E-state index is 0.854. The van der Waals surface area contributed by atoms with Crippen LogP contribution in [0.4, 0.5) is 0 Å². The molecule has 72 valence electrons. The Labute approximate surface area is 87.9 Å². The van der Waals surface area contributed by atoms with Crippen LogP contribution in [0.5, 0.6) is 0 Å². The lowest BCUT2D eigenvalue weighted by atomic mass is 10.4. The van der Waals surface area contributed by atoms with Crippen molar-refractivity contribution in [2.24, 2.45) is 0 Å². The molecule has 0 saturated carbocycles. The molecule has 1 N–H and O–H groups in total. The molecule has 3 nitrogen and oxygen atoms in total. The van der Waals surface area contributed by atoms with E-state index in [2.05, 4.69) is 10.2 Å². The lowest BCUT2D eigenvalue weighted by molar-refractivity contribution is 0.648. The van der Waals surface area contributed by atoms with Crippen molar-refractivity contribution in [2.45, 2.75) is 18.7 Å². The van der Waals surface area contributed by atoms with Gasteiger partial charge in [-0.15, -0.1) is 0 Å². The molecule has 1 heterocycles. The fourth-order valence-electron chi connectivity index (χ4n) is 0.870. The molecule has 0 aliphatic carbocycles. The third-order valence-electron chi connectivity index (χ3n) is 1.62. The molecule has 13 heavy (non-hydrogen) atoms. The molecule has 0 fully saturated rings. The number of aromatic amines is 1. The zero-order valence-electron chi connectivity index (χ0n) is 8.21. The van der Waals surface area contributed by atoms with Crippen molar-refractivity contribution in [3.05, 3.63) is 11.4 Å². The predicted molar refractivity (Wildman–Crippen MR) is 60.2 cm³/mol. The third kappa shape index (κ3) is 2.45. The number of hydrogen-bond donors (Lipinski definition) is 1. The molecule has 0 atom stereocenters. The average molecular weight is 215 g/mol. The molecule has 0 unspecified atom stereocenters. The van der Waals surface area contributed by atoms with Crippen molar-refractivity contribution in [3.8, 4) is 0 Å². The summed E-state index contributed by atoms with van der Waals surface area (Å²) in [5.74, 6) is 0. The lowest BCUT2D eigenvalue weighted by Crippen LogP contribution is -2.15. The van der Waals surface area contributed by atoms with Gasteiger partial charge in [-0.2, -0.15) is 5.10 Å². The van der Waals surface area contributed by atoms with E-state index in [1.54, 1.807) is 11.8 Å². The molecule has 0 bridgehead atoms. The first-order valence-corrected chi connectivity index (χ1v) is 5.15. The minimum atomic E-state index is 0.854. The number of hydrogen-bond acceptors (Lipinski definition) is 3. The quantitative estimate of drug-likeness (QED) is 0.573. The second-order valence-electron chi connectivity index (χ2n) is 3.03. The van der Waals surface area contributed by atoms with Crippen molar-refractivity contribution in [1.82, 2.24) is 15.1 Å². The summed E-state index contributed by atoms with van der Waals surface area (Å²) >= 11 is 6.77. The Kier molecular flexibility index (Phi) is 3.33. The largest absolute Gasteiger partial charge is 0.363 e. The van der Waals surface area contributed by atoms with Crippen molar-refractivity contribution in [1.29, 1.82) is 0 Å². The molecule has 5 heteroatoms. The van der Waals surface area contributed by atoms with E-state index in [0.29, 0.717) is 0 Å². The number of aryl methyl sites for hydroxylation is 2. The Morgan fingerprint density at radius 3 is 2.46 bits per heavy atom. The number of H-pyrrole nitrogens is 1. The van der Waals surface area contributed by atoms with Gasteiger partial charge in [0.25, 0.3) is 0 Å². The molecule has 1 aromatic heterocycles. The third-order valence-corrected chi connectivity index (χ3v) is 3.58. The van der Waals surface area contributed by atoms with Gasteiger partial charge in [0.2, 0.25) is 0 Å². The van der Waals surface area contributed by atoms with Crippen LogP contribution < -0.4 is 0 Å². The van der Waals surface area contributed by atoms with Crippen LogP contribution in [0, 0.1) is 13.8 Å². The van der Waals surface area contributed by atoms with Crippen LogP contribution in [0.15, 0.2) is 4.90 Å². The average Bonchev–Trinajstić information content (AvgIpc) is 2.35. The van der Waals surface area contributed by atoms with Gasteiger partial charge in [0.05, 0.1) is 10.6 Å². The zero-order chi connectivity index (χ0) is 10.0. The molecular formula is C8H13N3S2. The first kappa shape index (κ1) is 10.5. The minimum Gasteiger partial charge on any atom is -0.363 e. The van der Waals surface area contributed by atoms with Crippen LogP contribution in [0.2, 0.25) is 0 Å². The van der Waals surface area contributed by atoms with Crippen LogP contribution in [0.25, 0.3) is 0 Å². The molecule has 0 saturated heterocycles.